The summed E-state index contributed by atoms with van der Waals surface area (Å²) in [6, 6.07) is 8.96. The molecule has 1 aliphatic heterocycles. The zero-order chi connectivity index (χ0) is 29.4. The Kier molecular flexibility index (Phi) is 7.87. The molecule has 0 radical (unpaired) electrons. The van der Waals surface area contributed by atoms with Crippen LogP contribution >= 0.6 is 11.3 Å². The largest absolute Gasteiger partial charge is 0.336 e. The molecule has 6 rings (SSSR count). The van der Waals surface area contributed by atoms with Crippen LogP contribution in [0.5, 0.6) is 0 Å². The van der Waals surface area contributed by atoms with Crippen LogP contribution in [0.4, 0.5) is 9.52 Å². The number of rotatable bonds is 7. The number of fused-ring (bicyclic) bond motifs is 3. The molecule has 1 fully saturated rings. The van der Waals surface area contributed by atoms with Gasteiger partial charge >= 0.3 is 0 Å². The van der Waals surface area contributed by atoms with Crippen molar-refractivity contribution in [3.8, 4) is 27.5 Å². The summed E-state index contributed by atoms with van der Waals surface area (Å²) in [6.07, 6.45) is 6.98. The zero-order valence-corrected chi connectivity index (χ0v) is 24.9. The molecule has 2 amide bonds. The molecule has 0 atom stereocenters. The van der Waals surface area contributed by atoms with Crippen molar-refractivity contribution < 1.29 is 14.0 Å². The number of benzene rings is 1. The second-order valence-corrected chi connectivity index (χ2v) is 11.8. The van der Waals surface area contributed by atoms with E-state index >= 15 is 4.39 Å². The molecule has 0 spiro atoms. The molecule has 2 aliphatic rings. The Morgan fingerprint density at radius 1 is 1.10 bits per heavy atom. The number of aromatic nitrogens is 4. The Hall–Kier alpha value is -3.96. The van der Waals surface area contributed by atoms with Crippen molar-refractivity contribution in [2.75, 3.05) is 31.5 Å². The van der Waals surface area contributed by atoms with E-state index in [1.54, 1.807) is 29.2 Å². The second-order valence-electron chi connectivity index (χ2n) is 10.8. The minimum absolute atomic E-state index is 0.159. The summed E-state index contributed by atoms with van der Waals surface area (Å²) < 4.78 is 17.6. The molecule has 0 bridgehead atoms. The number of carbonyl (C=O) groups excluding carboxylic acids is 2. The molecule has 0 saturated carbocycles. The van der Waals surface area contributed by atoms with Crippen LogP contribution in [0.1, 0.15) is 55.2 Å². The molecule has 0 unspecified atom stereocenters. The molecule has 4 heterocycles. The summed E-state index contributed by atoms with van der Waals surface area (Å²) in [4.78, 5) is 39.1. The number of anilines is 1. The van der Waals surface area contributed by atoms with Crippen LogP contribution in [0.2, 0.25) is 0 Å². The van der Waals surface area contributed by atoms with Gasteiger partial charge in [0.15, 0.2) is 5.13 Å². The Labute approximate surface area is 248 Å². The van der Waals surface area contributed by atoms with Crippen molar-refractivity contribution in [1.29, 1.82) is 0 Å². The maximum Gasteiger partial charge on any atom is 0.254 e. The molecular weight excluding hydrogens is 553 g/mol. The van der Waals surface area contributed by atoms with Crippen molar-refractivity contribution in [3.63, 3.8) is 0 Å². The fourth-order valence-electron chi connectivity index (χ4n) is 6.07. The number of hydrogen-bond acceptors (Lipinski definition) is 7. The maximum absolute atomic E-state index is 15.9. The van der Waals surface area contributed by atoms with E-state index in [2.05, 4.69) is 34.0 Å². The van der Waals surface area contributed by atoms with Crippen molar-refractivity contribution >= 4 is 28.3 Å². The SMILES string of the molecule is CCC(CC)N1CCN(C(=O)c2ccc(-n3nc(-c4cccnc4)c4c3-c3sc(NC(C)=O)nc3CC4)c(F)c2)CC1. The van der Waals surface area contributed by atoms with Crippen LogP contribution in [0.15, 0.2) is 42.7 Å². The highest BCUT2D eigenvalue weighted by molar-refractivity contribution is 7.19. The van der Waals surface area contributed by atoms with Gasteiger partial charge in [-0.05, 0) is 56.0 Å². The van der Waals surface area contributed by atoms with Crippen LogP contribution in [-0.4, -0.2) is 73.6 Å². The number of thiazole rings is 1. The normalized spacial score (nSPS) is 15.0. The van der Waals surface area contributed by atoms with Gasteiger partial charge in [-0.3, -0.25) is 19.5 Å². The van der Waals surface area contributed by atoms with Crippen LogP contribution in [-0.2, 0) is 17.6 Å². The van der Waals surface area contributed by atoms with Crippen LogP contribution in [0.25, 0.3) is 27.5 Å². The van der Waals surface area contributed by atoms with Gasteiger partial charge in [0.1, 0.15) is 11.5 Å². The Balaban J connectivity index is 1.35. The smallest absolute Gasteiger partial charge is 0.254 e. The molecule has 1 aromatic carbocycles. The van der Waals surface area contributed by atoms with Crippen LogP contribution in [0.3, 0.4) is 0 Å². The summed E-state index contributed by atoms with van der Waals surface area (Å²) in [5.74, 6) is -0.889. The molecular formula is C31H34FN7O2S. The third kappa shape index (κ3) is 5.22. The number of nitrogens with one attached hydrogen (secondary N) is 1. The fraction of sp³-hybridized carbons (Fsp3) is 0.387. The van der Waals surface area contributed by atoms with Crippen LogP contribution in [0, 0.1) is 5.82 Å². The van der Waals surface area contributed by atoms with Crippen LogP contribution < -0.4 is 5.32 Å². The predicted octanol–water partition coefficient (Wildman–Crippen LogP) is 5.20. The molecule has 11 heteroatoms. The van der Waals surface area contributed by atoms with Gasteiger partial charge in [-0.2, -0.15) is 5.10 Å². The highest BCUT2D eigenvalue weighted by atomic mass is 32.1. The summed E-state index contributed by atoms with van der Waals surface area (Å²) in [5, 5.41) is 8.17. The first-order valence-electron chi connectivity index (χ1n) is 14.5. The Morgan fingerprint density at radius 2 is 1.88 bits per heavy atom. The quantitative estimate of drug-likeness (QED) is 0.319. The molecule has 1 aliphatic carbocycles. The van der Waals surface area contributed by atoms with Gasteiger partial charge in [0, 0.05) is 68.2 Å². The first-order chi connectivity index (χ1) is 20.4. The zero-order valence-electron chi connectivity index (χ0n) is 24.1. The number of hydrogen-bond donors (Lipinski definition) is 1. The fourth-order valence-corrected chi connectivity index (χ4v) is 7.19. The average Bonchev–Trinajstić information content (AvgIpc) is 3.59. The van der Waals surface area contributed by atoms with Crippen molar-refractivity contribution in [3.05, 3.63) is 65.4 Å². The van der Waals surface area contributed by atoms with Gasteiger partial charge in [0.25, 0.3) is 5.91 Å². The molecule has 42 heavy (non-hydrogen) atoms. The molecule has 3 aromatic heterocycles. The number of pyridine rings is 1. The number of aryl methyl sites for hydroxylation is 1. The van der Waals surface area contributed by atoms with Gasteiger partial charge in [0.2, 0.25) is 5.91 Å². The summed E-state index contributed by atoms with van der Waals surface area (Å²) in [7, 11) is 0. The first-order valence-corrected chi connectivity index (χ1v) is 15.3. The van der Waals surface area contributed by atoms with Gasteiger partial charge in [-0.1, -0.05) is 25.2 Å². The van der Waals surface area contributed by atoms with E-state index in [-0.39, 0.29) is 17.5 Å². The molecule has 218 valence electrons. The van der Waals surface area contributed by atoms with E-state index in [0.717, 1.165) is 59.0 Å². The second kappa shape index (κ2) is 11.7. The van der Waals surface area contributed by atoms with Crippen molar-refractivity contribution in [1.82, 2.24) is 29.5 Å². The van der Waals surface area contributed by atoms with E-state index in [9.17, 15) is 9.59 Å². The summed E-state index contributed by atoms with van der Waals surface area (Å²) in [6.45, 7) is 8.76. The molecule has 4 aromatic rings. The van der Waals surface area contributed by atoms with Gasteiger partial charge in [0.05, 0.1) is 22.0 Å². The van der Waals surface area contributed by atoms with Gasteiger partial charge in [-0.25, -0.2) is 14.1 Å². The molecule has 9 nitrogen and oxygen atoms in total. The number of halogens is 1. The third-order valence-corrected chi connectivity index (χ3v) is 9.23. The average molecular weight is 588 g/mol. The van der Waals surface area contributed by atoms with E-state index in [1.165, 1.54) is 24.3 Å². The van der Waals surface area contributed by atoms with Gasteiger partial charge in [-0.15, -0.1) is 0 Å². The number of carbonyl (C=O) groups is 2. The summed E-state index contributed by atoms with van der Waals surface area (Å²) in [5.41, 5.74) is 4.71. The Morgan fingerprint density at radius 3 is 2.55 bits per heavy atom. The number of nitrogens with zero attached hydrogens (tertiary/aromatic N) is 6. The topological polar surface area (TPSA) is 96.3 Å². The van der Waals surface area contributed by atoms with E-state index in [1.807, 2.05) is 17.0 Å². The predicted molar refractivity (Wildman–Crippen MR) is 161 cm³/mol. The summed E-state index contributed by atoms with van der Waals surface area (Å²) >= 11 is 1.35. The van der Waals surface area contributed by atoms with Crippen molar-refractivity contribution in [2.45, 2.75) is 52.5 Å². The van der Waals surface area contributed by atoms with E-state index < -0.39 is 5.82 Å². The lowest BCUT2D eigenvalue weighted by Crippen LogP contribution is -2.51. The van der Waals surface area contributed by atoms with Crippen molar-refractivity contribution in [2.24, 2.45) is 0 Å². The lowest BCUT2D eigenvalue weighted by atomic mass is 9.95. The highest BCUT2D eigenvalue weighted by Crippen LogP contribution is 2.44. The lowest BCUT2D eigenvalue weighted by molar-refractivity contribution is -0.114. The standard InChI is InChI=1S/C31H34FN7O2S/c1-4-22(5-2)37-13-15-38(16-14-37)30(41)20-8-11-26(24(32)17-20)39-28-23(27(36-39)21-7-6-12-33-18-21)9-10-25-29(28)42-31(35-25)34-19(3)40/h6-8,11-12,17-18,22H,4-5,9-10,13-16H2,1-3H3,(H,34,35,40). The number of piperazine rings is 1. The third-order valence-electron chi connectivity index (χ3n) is 8.21. The monoisotopic (exact) mass is 587 g/mol. The van der Waals surface area contributed by atoms with E-state index in [0.29, 0.717) is 42.7 Å². The van der Waals surface area contributed by atoms with E-state index in [4.69, 9.17) is 5.10 Å². The Bertz CT molecular complexity index is 1620. The molecule has 1 saturated heterocycles. The highest BCUT2D eigenvalue weighted by Gasteiger charge is 2.31. The number of amides is 2. The minimum atomic E-state index is -0.529. The minimum Gasteiger partial charge on any atom is -0.336 e. The van der Waals surface area contributed by atoms with Gasteiger partial charge < -0.3 is 10.2 Å². The lowest BCUT2D eigenvalue weighted by Gasteiger charge is -2.38. The maximum atomic E-state index is 15.9. The first kappa shape index (κ1) is 28.2. The molecule has 1 N–H and O–H groups in total.